The van der Waals surface area contributed by atoms with Gasteiger partial charge in [-0.15, -0.1) is 0 Å². The van der Waals surface area contributed by atoms with Crippen molar-refractivity contribution in [3.8, 4) is 5.75 Å². The maximum absolute atomic E-state index is 12.4. The zero-order chi connectivity index (χ0) is 15.5. The first-order chi connectivity index (χ1) is 9.92. The van der Waals surface area contributed by atoms with Crippen molar-refractivity contribution < 1.29 is 14.6 Å². The molecule has 1 fully saturated rings. The Morgan fingerprint density at radius 1 is 1.38 bits per heavy atom. The molecule has 0 atom stereocenters. The third kappa shape index (κ3) is 3.76. The van der Waals surface area contributed by atoms with E-state index < -0.39 is 5.41 Å². The number of aliphatic hydroxyl groups is 1. The van der Waals surface area contributed by atoms with Gasteiger partial charge in [-0.3, -0.25) is 4.79 Å². The lowest BCUT2D eigenvalue weighted by Gasteiger charge is -2.26. The average Bonchev–Trinajstić information content (AvgIpc) is 3.25. The molecule has 0 spiro atoms. The highest BCUT2D eigenvalue weighted by Gasteiger charge is 2.43. The highest BCUT2D eigenvalue weighted by atomic mass is 16.5. The number of hydrogen-bond acceptors (Lipinski definition) is 3. The first-order valence-corrected chi connectivity index (χ1v) is 7.43. The largest absolute Gasteiger partial charge is 0.496 e. The Morgan fingerprint density at radius 3 is 2.62 bits per heavy atom. The number of rotatable bonds is 7. The van der Waals surface area contributed by atoms with Gasteiger partial charge in [0.15, 0.2) is 0 Å². The number of carbonyl (C=O) groups excluding carboxylic acids is 1. The van der Waals surface area contributed by atoms with Crippen LogP contribution in [0.25, 0.3) is 0 Å². The summed E-state index contributed by atoms with van der Waals surface area (Å²) in [5.41, 5.74) is 0.458. The first kappa shape index (κ1) is 15.8. The number of para-hydroxylation sites is 1. The quantitative estimate of drug-likeness (QED) is 0.809. The van der Waals surface area contributed by atoms with Crippen molar-refractivity contribution in [1.82, 2.24) is 5.32 Å². The molecular formula is C17H25NO3. The predicted octanol–water partition coefficient (Wildman–Crippen LogP) is 2.15. The Labute approximate surface area is 126 Å². The zero-order valence-electron chi connectivity index (χ0n) is 13.1. The molecule has 1 aromatic rings. The van der Waals surface area contributed by atoms with E-state index in [9.17, 15) is 9.90 Å². The molecule has 1 aliphatic carbocycles. The van der Waals surface area contributed by atoms with E-state index in [0.717, 1.165) is 24.2 Å². The van der Waals surface area contributed by atoms with Crippen molar-refractivity contribution in [3.05, 3.63) is 29.8 Å². The molecule has 2 rings (SSSR count). The Kier molecular flexibility index (Phi) is 4.57. The molecule has 0 saturated heterocycles. The molecule has 4 heteroatoms. The monoisotopic (exact) mass is 291 g/mol. The Bertz CT molecular complexity index is 507. The molecule has 21 heavy (non-hydrogen) atoms. The SMILES string of the molecule is COc1ccccc1CC(C)(C)C(=O)NCC1(CO)CC1. The summed E-state index contributed by atoms with van der Waals surface area (Å²) < 4.78 is 5.35. The summed E-state index contributed by atoms with van der Waals surface area (Å²) in [7, 11) is 1.64. The number of amides is 1. The third-order valence-corrected chi connectivity index (χ3v) is 4.36. The Hall–Kier alpha value is -1.55. The lowest BCUT2D eigenvalue weighted by molar-refractivity contribution is -0.129. The van der Waals surface area contributed by atoms with Gasteiger partial charge in [0.2, 0.25) is 5.91 Å². The van der Waals surface area contributed by atoms with Crippen LogP contribution in [0, 0.1) is 10.8 Å². The van der Waals surface area contributed by atoms with Crippen LogP contribution in [0.5, 0.6) is 5.75 Å². The number of benzene rings is 1. The second-order valence-corrected chi connectivity index (χ2v) is 6.71. The molecule has 0 unspecified atom stereocenters. The van der Waals surface area contributed by atoms with Gasteiger partial charge in [0.25, 0.3) is 0 Å². The first-order valence-electron chi connectivity index (χ1n) is 7.43. The van der Waals surface area contributed by atoms with E-state index in [-0.39, 0.29) is 17.9 Å². The minimum atomic E-state index is -0.514. The van der Waals surface area contributed by atoms with Gasteiger partial charge in [-0.2, -0.15) is 0 Å². The van der Waals surface area contributed by atoms with Crippen LogP contribution in [0.4, 0.5) is 0 Å². The van der Waals surface area contributed by atoms with Crippen LogP contribution < -0.4 is 10.1 Å². The van der Waals surface area contributed by atoms with Crippen LogP contribution in [0.15, 0.2) is 24.3 Å². The highest BCUT2D eigenvalue weighted by Crippen LogP contribution is 2.44. The average molecular weight is 291 g/mol. The molecule has 2 N–H and O–H groups in total. The van der Waals surface area contributed by atoms with Crippen molar-refractivity contribution >= 4 is 5.91 Å². The van der Waals surface area contributed by atoms with Gasteiger partial charge in [-0.05, 0) is 30.9 Å². The number of methoxy groups -OCH3 is 1. The van der Waals surface area contributed by atoms with E-state index in [0.29, 0.717) is 13.0 Å². The second-order valence-electron chi connectivity index (χ2n) is 6.71. The lowest BCUT2D eigenvalue weighted by atomic mass is 9.84. The van der Waals surface area contributed by atoms with E-state index in [1.165, 1.54) is 0 Å². The van der Waals surface area contributed by atoms with Crippen molar-refractivity contribution in [1.29, 1.82) is 0 Å². The second kappa shape index (κ2) is 6.06. The predicted molar refractivity (Wildman–Crippen MR) is 82.2 cm³/mol. The van der Waals surface area contributed by atoms with Crippen molar-refractivity contribution in [2.24, 2.45) is 10.8 Å². The molecule has 0 heterocycles. The van der Waals surface area contributed by atoms with Gasteiger partial charge < -0.3 is 15.2 Å². The molecule has 0 radical (unpaired) electrons. The summed E-state index contributed by atoms with van der Waals surface area (Å²) in [6, 6.07) is 7.78. The van der Waals surface area contributed by atoms with Crippen LogP contribution in [-0.4, -0.2) is 31.3 Å². The minimum absolute atomic E-state index is 0.0214. The summed E-state index contributed by atoms with van der Waals surface area (Å²) in [4.78, 5) is 12.4. The van der Waals surface area contributed by atoms with E-state index in [4.69, 9.17) is 4.74 Å². The van der Waals surface area contributed by atoms with Crippen LogP contribution in [-0.2, 0) is 11.2 Å². The lowest BCUT2D eigenvalue weighted by Crippen LogP contribution is -2.41. The molecule has 0 aliphatic heterocycles. The molecule has 116 valence electrons. The number of nitrogens with one attached hydrogen (secondary N) is 1. The molecule has 1 saturated carbocycles. The van der Waals surface area contributed by atoms with Crippen LogP contribution >= 0.6 is 0 Å². The van der Waals surface area contributed by atoms with Gasteiger partial charge in [-0.25, -0.2) is 0 Å². The van der Waals surface area contributed by atoms with Crippen LogP contribution in [0.1, 0.15) is 32.3 Å². The standard InChI is InChI=1S/C17H25NO3/c1-16(2,10-13-6-4-5-7-14(13)21-3)15(20)18-11-17(12-19)8-9-17/h4-7,19H,8-12H2,1-3H3,(H,18,20). The van der Waals surface area contributed by atoms with Crippen molar-refractivity contribution in [2.75, 3.05) is 20.3 Å². The smallest absolute Gasteiger partial charge is 0.226 e. The Morgan fingerprint density at radius 2 is 2.05 bits per heavy atom. The molecule has 0 aromatic heterocycles. The molecular weight excluding hydrogens is 266 g/mol. The fourth-order valence-corrected chi connectivity index (χ4v) is 2.48. The normalized spacial score (nSPS) is 16.4. The van der Waals surface area contributed by atoms with Crippen LogP contribution in [0.2, 0.25) is 0 Å². The molecule has 0 bridgehead atoms. The van der Waals surface area contributed by atoms with E-state index in [1.807, 2.05) is 38.1 Å². The van der Waals surface area contributed by atoms with Gasteiger partial charge >= 0.3 is 0 Å². The summed E-state index contributed by atoms with van der Waals surface area (Å²) >= 11 is 0. The van der Waals surface area contributed by atoms with E-state index in [1.54, 1.807) is 7.11 Å². The van der Waals surface area contributed by atoms with Crippen LogP contribution in [0.3, 0.4) is 0 Å². The number of carbonyl (C=O) groups is 1. The Balaban J connectivity index is 1.98. The minimum Gasteiger partial charge on any atom is -0.496 e. The maximum Gasteiger partial charge on any atom is 0.226 e. The summed E-state index contributed by atoms with van der Waals surface area (Å²) in [5.74, 6) is 0.834. The molecule has 1 aliphatic rings. The molecule has 1 amide bonds. The van der Waals surface area contributed by atoms with Gasteiger partial charge in [0.05, 0.1) is 13.7 Å². The number of aliphatic hydroxyl groups excluding tert-OH is 1. The van der Waals surface area contributed by atoms with Gasteiger partial charge in [0.1, 0.15) is 5.75 Å². The van der Waals surface area contributed by atoms with Crippen molar-refractivity contribution in [3.63, 3.8) is 0 Å². The highest BCUT2D eigenvalue weighted by molar-refractivity contribution is 5.82. The third-order valence-electron chi connectivity index (χ3n) is 4.36. The fourth-order valence-electron chi connectivity index (χ4n) is 2.48. The fraction of sp³-hybridized carbons (Fsp3) is 0.588. The number of hydrogen-bond donors (Lipinski definition) is 2. The maximum atomic E-state index is 12.4. The van der Waals surface area contributed by atoms with Crippen molar-refractivity contribution in [2.45, 2.75) is 33.1 Å². The van der Waals surface area contributed by atoms with Gasteiger partial charge in [-0.1, -0.05) is 32.0 Å². The van der Waals surface area contributed by atoms with E-state index in [2.05, 4.69) is 5.32 Å². The zero-order valence-corrected chi connectivity index (χ0v) is 13.1. The molecule has 1 aromatic carbocycles. The number of ether oxygens (including phenoxy) is 1. The van der Waals surface area contributed by atoms with E-state index >= 15 is 0 Å². The summed E-state index contributed by atoms with van der Waals surface area (Å²) in [5, 5.41) is 12.3. The summed E-state index contributed by atoms with van der Waals surface area (Å²) in [6.07, 6.45) is 2.61. The van der Waals surface area contributed by atoms with Gasteiger partial charge in [0, 0.05) is 17.4 Å². The molecule has 4 nitrogen and oxygen atoms in total. The topological polar surface area (TPSA) is 58.6 Å². The summed E-state index contributed by atoms with van der Waals surface area (Å²) in [6.45, 7) is 4.60.